The number of amides is 2. The summed E-state index contributed by atoms with van der Waals surface area (Å²) in [6.45, 7) is 4.42. The molecule has 2 amide bonds. The topological polar surface area (TPSA) is 111 Å². The quantitative estimate of drug-likeness (QED) is 0.312. The van der Waals surface area contributed by atoms with E-state index < -0.39 is 23.9 Å². The summed E-state index contributed by atoms with van der Waals surface area (Å²) in [6, 6.07) is 4.32. The average molecular weight is 531 g/mol. The lowest BCUT2D eigenvalue weighted by Gasteiger charge is -2.22. The van der Waals surface area contributed by atoms with E-state index >= 15 is 0 Å². The summed E-state index contributed by atoms with van der Waals surface area (Å²) in [5.41, 5.74) is 5.82. The van der Waals surface area contributed by atoms with Crippen molar-refractivity contribution in [1.29, 1.82) is 0 Å². The van der Waals surface area contributed by atoms with Gasteiger partial charge < -0.3 is 21.1 Å². The van der Waals surface area contributed by atoms with E-state index in [9.17, 15) is 18.8 Å². The maximum Gasteiger partial charge on any atom is 0.341 e. The Morgan fingerprint density at radius 1 is 1.41 bits per heavy atom. The number of benzene rings is 1. The van der Waals surface area contributed by atoms with Gasteiger partial charge in [0.1, 0.15) is 5.82 Å². The van der Waals surface area contributed by atoms with E-state index in [1.54, 1.807) is 6.07 Å². The number of nitrogens with one attached hydrogen (secondary N) is 2. The zero-order valence-corrected chi connectivity index (χ0v) is 18.6. The first-order chi connectivity index (χ1) is 13.6. The fraction of sp³-hybridized carbons (Fsp3) is 0.316. The Labute approximate surface area is 184 Å². The van der Waals surface area contributed by atoms with Crippen LogP contribution in [0.2, 0.25) is 0 Å². The first-order valence-corrected chi connectivity index (χ1v) is 10.6. The van der Waals surface area contributed by atoms with Gasteiger partial charge in [0.05, 0.1) is 16.1 Å². The molecule has 1 aromatic carbocycles. The largest absolute Gasteiger partial charge is 0.428 e. The van der Waals surface area contributed by atoms with Crippen molar-refractivity contribution in [3.05, 3.63) is 49.0 Å². The van der Waals surface area contributed by atoms with Crippen molar-refractivity contribution < 1.29 is 23.5 Å². The van der Waals surface area contributed by atoms with E-state index in [-0.39, 0.29) is 22.6 Å². The predicted molar refractivity (Wildman–Crippen MR) is 115 cm³/mol. The molecule has 0 bridgehead atoms. The van der Waals surface area contributed by atoms with Crippen molar-refractivity contribution in [3.63, 3.8) is 0 Å². The Balaban J connectivity index is 1.85. The van der Waals surface area contributed by atoms with Gasteiger partial charge in [-0.3, -0.25) is 9.59 Å². The second-order valence-corrected chi connectivity index (χ2v) is 9.56. The highest BCUT2D eigenvalue weighted by Crippen LogP contribution is 2.33. The normalized spacial score (nSPS) is 16.2. The SMILES string of the molecule is CC1(C)CNC(=O)c2scc(C(=O)OC(Nc3ccc(I)cc3F)C(N)=O)c2C1. The summed E-state index contributed by atoms with van der Waals surface area (Å²) < 4.78 is 20.0. The molecule has 2 aromatic rings. The Morgan fingerprint density at radius 2 is 2.14 bits per heavy atom. The number of ether oxygens (including phenoxy) is 1. The molecule has 10 heteroatoms. The highest BCUT2D eigenvalue weighted by atomic mass is 127. The molecule has 29 heavy (non-hydrogen) atoms. The molecule has 0 fully saturated rings. The van der Waals surface area contributed by atoms with Crippen molar-refractivity contribution in [3.8, 4) is 0 Å². The van der Waals surface area contributed by atoms with Crippen LogP contribution >= 0.6 is 33.9 Å². The van der Waals surface area contributed by atoms with Crippen molar-refractivity contribution in [2.24, 2.45) is 11.1 Å². The number of hydrogen-bond donors (Lipinski definition) is 3. The molecule has 0 spiro atoms. The zero-order valence-electron chi connectivity index (χ0n) is 15.7. The molecule has 154 valence electrons. The lowest BCUT2D eigenvalue weighted by atomic mass is 9.85. The second-order valence-electron chi connectivity index (χ2n) is 7.44. The third kappa shape index (κ3) is 4.86. The van der Waals surface area contributed by atoms with Gasteiger partial charge in [0, 0.05) is 15.5 Å². The Bertz CT molecular complexity index is 992. The molecule has 1 aliphatic heterocycles. The first-order valence-electron chi connectivity index (χ1n) is 8.68. The number of esters is 1. The average Bonchev–Trinajstić information content (AvgIpc) is 2.99. The number of carbonyl (C=O) groups excluding carboxylic acids is 3. The summed E-state index contributed by atoms with van der Waals surface area (Å²) >= 11 is 3.08. The number of anilines is 1. The minimum atomic E-state index is -1.57. The van der Waals surface area contributed by atoms with Gasteiger partial charge >= 0.3 is 5.97 Å². The maximum atomic E-state index is 14.1. The molecular weight excluding hydrogens is 512 g/mol. The Kier molecular flexibility index (Phi) is 6.13. The summed E-state index contributed by atoms with van der Waals surface area (Å²) in [4.78, 5) is 37.3. The molecule has 4 N–H and O–H groups in total. The number of rotatable bonds is 5. The molecule has 7 nitrogen and oxygen atoms in total. The molecule has 2 heterocycles. The molecule has 1 aromatic heterocycles. The third-order valence-electron chi connectivity index (χ3n) is 4.40. The lowest BCUT2D eigenvalue weighted by molar-refractivity contribution is -0.125. The van der Waals surface area contributed by atoms with Crippen LogP contribution in [0.4, 0.5) is 10.1 Å². The molecule has 0 saturated carbocycles. The number of fused-ring (bicyclic) bond motifs is 1. The van der Waals surface area contributed by atoms with Crippen LogP contribution in [0.3, 0.4) is 0 Å². The zero-order chi connectivity index (χ0) is 21.3. The minimum Gasteiger partial charge on any atom is -0.428 e. The van der Waals surface area contributed by atoms with Crippen molar-refractivity contribution in [2.45, 2.75) is 26.5 Å². The number of thiophene rings is 1. The van der Waals surface area contributed by atoms with Crippen LogP contribution in [0.1, 0.15) is 39.4 Å². The summed E-state index contributed by atoms with van der Waals surface area (Å²) in [6.07, 6.45) is -1.09. The number of nitrogens with two attached hydrogens (primary N) is 1. The van der Waals surface area contributed by atoms with Crippen molar-refractivity contribution in [2.75, 3.05) is 11.9 Å². The van der Waals surface area contributed by atoms with Gasteiger partial charge in [-0.15, -0.1) is 11.3 Å². The number of carbonyl (C=O) groups is 3. The smallest absolute Gasteiger partial charge is 0.341 e. The van der Waals surface area contributed by atoms with Crippen molar-refractivity contribution >= 4 is 57.4 Å². The lowest BCUT2D eigenvalue weighted by Crippen LogP contribution is -2.39. The third-order valence-corrected chi connectivity index (χ3v) is 6.10. The van der Waals surface area contributed by atoms with Crippen molar-refractivity contribution in [1.82, 2.24) is 5.32 Å². The Morgan fingerprint density at radius 3 is 2.79 bits per heavy atom. The molecule has 0 aliphatic carbocycles. The van der Waals surface area contributed by atoms with E-state index in [1.807, 2.05) is 36.4 Å². The molecular formula is C19H19FIN3O4S. The fourth-order valence-electron chi connectivity index (χ4n) is 2.94. The van der Waals surface area contributed by atoms with Crippen LogP contribution in [0, 0.1) is 14.8 Å². The number of halogens is 2. The second kappa shape index (κ2) is 8.27. The van der Waals surface area contributed by atoms with Gasteiger partial charge in [-0.1, -0.05) is 13.8 Å². The number of primary amides is 1. The van der Waals surface area contributed by atoms with Gasteiger partial charge in [-0.2, -0.15) is 0 Å². The summed E-state index contributed by atoms with van der Waals surface area (Å²) in [5.74, 6) is -2.65. The monoisotopic (exact) mass is 531 g/mol. The standard InChI is InChI=1S/C19H19FIN3O4S/c1-19(2)6-10-11(7-29-14(10)16(26)23-8-19)18(27)28-17(15(22)25)24-13-4-3-9(21)5-12(13)20/h3-5,7,17,24H,6,8H2,1-2H3,(H2,22,25)(H,23,26). The molecule has 1 unspecified atom stereocenters. The van der Waals surface area contributed by atoms with E-state index in [4.69, 9.17) is 10.5 Å². The Hall–Kier alpha value is -2.21. The van der Waals surface area contributed by atoms with Gasteiger partial charge in [0.15, 0.2) is 0 Å². The number of hydrogen-bond acceptors (Lipinski definition) is 6. The molecule has 0 saturated heterocycles. The minimum absolute atomic E-state index is 0.0216. The highest BCUT2D eigenvalue weighted by molar-refractivity contribution is 14.1. The molecule has 1 atom stereocenters. The van der Waals surface area contributed by atoms with E-state index in [2.05, 4.69) is 10.6 Å². The predicted octanol–water partition coefficient (Wildman–Crippen LogP) is 2.88. The van der Waals surface area contributed by atoms with E-state index in [0.717, 1.165) is 11.3 Å². The highest BCUT2D eigenvalue weighted by Gasteiger charge is 2.33. The van der Waals surface area contributed by atoms with Crippen LogP contribution < -0.4 is 16.4 Å². The molecule has 0 radical (unpaired) electrons. The van der Waals surface area contributed by atoms with E-state index in [0.29, 0.717) is 27.0 Å². The van der Waals surface area contributed by atoms with Gasteiger partial charge in [0.2, 0.25) is 0 Å². The van der Waals surface area contributed by atoms with Crippen LogP contribution in [-0.4, -0.2) is 30.6 Å². The van der Waals surface area contributed by atoms with Crippen LogP contribution in [-0.2, 0) is 16.0 Å². The van der Waals surface area contributed by atoms with Crippen LogP contribution in [0.15, 0.2) is 23.6 Å². The van der Waals surface area contributed by atoms with Gasteiger partial charge in [-0.25, -0.2) is 9.18 Å². The summed E-state index contributed by atoms with van der Waals surface area (Å²) in [5, 5.41) is 6.87. The maximum absolute atomic E-state index is 14.1. The van der Waals surface area contributed by atoms with Crippen LogP contribution in [0.5, 0.6) is 0 Å². The fourth-order valence-corrected chi connectivity index (χ4v) is 4.37. The van der Waals surface area contributed by atoms with E-state index in [1.165, 1.54) is 17.5 Å². The van der Waals surface area contributed by atoms with Crippen LogP contribution in [0.25, 0.3) is 0 Å². The van der Waals surface area contributed by atoms with Gasteiger partial charge in [0.25, 0.3) is 18.0 Å². The van der Waals surface area contributed by atoms with Gasteiger partial charge in [-0.05, 0) is 58.2 Å². The summed E-state index contributed by atoms with van der Waals surface area (Å²) in [7, 11) is 0. The molecule has 1 aliphatic rings. The first kappa shape index (κ1) is 21.5. The molecule has 3 rings (SSSR count).